The number of para-hydroxylation sites is 1. The molecule has 1 saturated heterocycles. The van der Waals surface area contributed by atoms with Crippen molar-refractivity contribution in [1.82, 2.24) is 19.2 Å². The Morgan fingerprint density at radius 3 is 2.23 bits per heavy atom. The van der Waals surface area contributed by atoms with Gasteiger partial charge in [0.05, 0.1) is 16.5 Å². The smallest absolute Gasteiger partial charge is 0.243 e. The normalized spacial score (nSPS) is 16.3. The fraction of sp³-hybridized carbons (Fsp3) is 0.355. The van der Waals surface area contributed by atoms with Crippen LogP contribution >= 0.6 is 0 Å². The molecule has 0 radical (unpaired) electrons. The number of hydrogen-bond donors (Lipinski definition) is 1. The molecule has 1 aromatic heterocycles. The quantitative estimate of drug-likeness (QED) is 0.319. The van der Waals surface area contributed by atoms with Crippen LogP contribution in [0.25, 0.3) is 10.9 Å². The third kappa shape index (κ3) is 5.83. The summed E-state index contributed by atoms with van der Waals surface area (Å²) < 4.78 is 28.3. The molecule has 0 saturated carbocycles. The van der Waals surface area contributed by atoms with Crippen LogP contribution in [0, 0.1) is 6.92 Å². The number of nitrogens with one attached hydrogen (secondary N) is 1. The maximum atomic E-state index is 13.4. The summed E-state index contributed by atoms with van der Waals surface area (Å²) in [5.41, 5.74) is 4.12. The Morgan fingerprint density at radius 1 is 0.872 bits per heavy atom. The SMILES string of the molecule is Cc1cccc(Nc2nc([C@H](C)N3CCN(S(=O)(=O)c4ccc(C(C)(C)C)cc4)CC3)nc3ccccc23)c1. The molecule has 2 heterocycles. The highest BCUT2D eigenvalue weighted by atomic mass is 32.2. The number of rotatable bonds is 6. The van der Waals surface area contributed by atoms with Gasteiger partial charge in [-0.25, -0.2) is 18.4 Å². The first-order valence-corrected chi connectivity index (χ1v) is 14.9. The Morgan fingerprint density at radius 2 is 1.56 bits per heavy atom. The largest absolute Gasteiger partial charge is 0.340 e. The average Bonchev–Trinajstić information content (AvgIpc) is 2.92. The van der Waals surface area contributed by atoms with Crippen LogP contribution in [0.15, 0.2) is 77.7 Å². The van der Waals surface area contributed by atoms with Gasteiger partial charge in [-0.2, -0.15) is 4.31 Å². The molecule has 0 amide bonds. The summed E-state index contributed by atoms with van der Waals surface area (Å²) in [5.74, 6) is 1.49. The van der Waals surface area contributed by atoms with Gasteiger partial charge in [0.1, 0.15) is 11.6 Å². The lowest BCUT2D eigenvalue weighted by molar-refractivity contribution is 0.141. The van der Waals surface area contributed by atoms with E-state index >= 15 is 0 Å². The lowest BCUT2D eigenvalue weighted by atomic mass is 9.87. The van der Waals surface area contributed by atoms with Gasteiger partial charge in [-0.05, 0) is 66.8 Å². The van der Waals surface area contributed by atoms with E-state index in [-0.39, 0.29) is 11.5 Å². The molecule has 1 aliphatic heterocycles. The van der Waals surface area contributed by atoms with E-state index in [9.17, 15) is 8.42 Å². The van der Waals surface area contributed by atoms with Crippen molar-refractivity contribution < 1.29 is 8.42 Å². The average molecular weight is 544 g/mol. The Kier molecular flexibility index (Phi) is 7.46. The van der Waals surface area contributed by atoms with Crippen molar-refractivity contribution in [1.29, 1.82) is 0 Å². The third-order valence-electron chi connectivity index (χ3n) is 7.45. The van der Waals surface area contributed by atoms with Crippen LogP contribution in [0.1, 0.15) is 50.7 Å². The highest BCUT2D eigenvalue weighted by molar-refractivity contribution is 7.89. The lowest BCUT2D eigenvalue weighted by Gasteiger charge is -2.37. The number of aryl methyl sites for hydroxylation is 1. The monoisotopic (exact) mass is 543 g/mol. The Balaban J connectivity index is 1.33. The molecule has 1 N–H and O–H groups in total. The van der Waals surface area contributed by atoms with Crippen molar-refractivity contribution in [2.24, 2.45) is 0 Å². The molecule has 5 rings (SSSR count). The van der Waals surface area contributed by atoms with Crippen LogP contribution in [0.4, 0.5) is 11.5 Å². The molecular weight excluding hydrogens is 506 g/mol. The summed E-state index contributed by atoms with van der Waals surface area (Å²) >= 11 is 0. The van der Waals surface area contributed by atoms with Crippen LogP contribution in [0.3, 0.4) is 0 Å². The van der Waals surface area contributed by atoms with E-state index in [2.05, 4.69) is 57.0 Å². The van der Waals surface area contributed by atoms with E-state index in [1.165, 1.54) is 5.56 Å². The zero-order chi connectivity index (χ0) is 27.8. The van der Waals surface area contributed by atoms with E-state index < -0.39 is 10.0 Å². The predicted molar refractivity (Wildman–Crippen MR) is 158 cm³/mol. The number of anilines is 2. The summed E-state index contributed by atoms with van der Waals surface area (Å²) in [4.78, 5) is 12.4. The van der Waals surface area contributed by atoms with Crippen molar-refractivity contribution in [3.8, 4) is 0 Å². The molecule has 1 atom stereocenters. The fourth-order valence-electron chi connectivity index (χ4n) is 5.01. The topological polar surface area (TPSA) is 78.4 Å². The van der Waals surface area contributed by atoms with E-state index in [0.29, 0.717) is 31.1 Å². The number of benzene rings is 3. The minimum Gasteiger partial charge on any atom is -0.340 e. The van der Waals surface area contributed by atoms with E-state index in [1.807, 2.05) is 48.5 Å². The summed E-state index contributed by atoms with van der Waals surface area (Å²) in [7, 11) is -3.55. The first-order valence-electron chi connectivity index (χ1n) is 13.5. The Labute approximate surface area is 232 Å². The van der Waals surface area contributed by atoms with Gasteiger partial charge in [0.15, 0.2) is 0 Å². The molecule has 1 aliphatic rings. The molecular formula is C31H37N5O2S. The number of nitrogens with zero attached hydrogens (tertiary/aromatic N) is 4. The van der Waals surface area contributed by atoms with Gasteiger partial charge < -0.3 is 5.32 Å². The number of sulfonamides is 1. The fourth-order valence-corrected chi connectivity index (χ4v) is 6.43. The first kappa shape index (κ1) is 27.2. The van der Waals surface area contributed by atoms with Gasteiger partial charge in [-0.3, -0.25) is 4.90 Å². The van der Waals surface area contributed by atoms with Crippen molar-refractivity contribution in [2.45, 2.75) is 51.0 Å². The molecule has 4 aromatic rings. The van der Waals surface area contributed by atoms with Crippen LogP contribution in [-0.2, 0) is 15.4 Å². The third-order valence-corrected chi connectivity index (χ3v) is 9.37. The zero-order valence-electron chi connectivity index (χ0n) is 23.3. The van der Waals surface area contributed by atoms with Gasteiger partial charge in [-0.1, -0.05) is 57.2 Å². The van der Waals surface area contributed by atoms with Crippen molar-refractivity contribution in [3.63, 3.8) is 0 Å². The first-order chi connectivity index (χ1) is 18.5. The summed E-state index contributed by atoms with van der Waals surface area (Å²) in [6, 6.07) is 23.5. The number of piperazine rings is 1. The molecule has 0 unspecified atom stereocenters. The summed E-state index contributed by atoms with van der Waals surface area (Å²) in [6.07, 6.45) is 0. The molecule has 0 spiro atoms. The molecule has 1 fully saturated rings. The minimum atomic E-state index is -3.55. The van der Waals surface area contributed by atoms with Crippen molar-refractivity contribution in [2.75, 3.05) is 31.5 Å². The Hall–Kier alpha value is -3.33. The second kappa shape index (κ2) is 10.7. The van der Waals surface area contributed by atoms with Crippen LogP contribution in [0.2, 0.25) is 0 Å². The molecule has 0 aliphatic carbocycles. The zero-order valence-corrected chi connectivity index (χ0v) is 24.2. The number of aromatic nitrogens is 2. The number of hydrogen-bond acceptors (Lipinski definition) is 6. The van der Waals surface area contributed by atoms with Gasteiger partial charge in [0.2, 0.25) is 10.0 Å². The highest BCUT2D eigenvalue weighted by Gasteiger charge is 2.31. The standard InChI is InChI=1S/C31H37N5O2S/c1-22-9-8-10-25(21-22)32-30-27-11-6-7-12-28(27)33-29(34-30)23(2)35-17-19-36(20-18-35)39(37,38)26-15-13-24(14-16-26)31(3,4)5/h6-16,21,23H,17-20H2,1-5H3,(H,32,33,34)/t23-/m0/s1. The highest BCUT2D eigenvalue weighted by Crippen LogP contribution is 2.29. The van der Waals surface area contributed by atoms with Gasteiger partial charge >= 0.3 is 0 Å². The molecule has 8 heteroatoms. The maximum Gasteiger partial charge on any atom is 0.243 e. The lowest BCUT2D eigenvalue weighted by Crippen LogP contribution is -2.49. The van der Waals surface area contributed by atoms with E-state index in [4.69, 9.17) is 9.97 Å². The van der Waals surface area contributed by atoms with Crippen LogP contribution in [0.5, 0.6) is 0 Å². The van der Waals surface area contributed by atoms with E-state index in [1.54, 1.807) is 16.4 Å². The second-order valence-corrected chi connectivity index (χ2v) is 13.3. The summed E-state index contributed by atoms with van der Waals surface area (Å²) in [5, 5.41) is 4.45. The molecule has 204 valence electrons. The summed E-state index contributed by atoms with van der Waals surface area (Å²) in [6.45, 7) is 12.6. The second-order valence-electron chi connectivity index (χ2n) is 11.3. The predicted octanol–water partition coefficient (Wildman–Crippen LogP) is 6.05. The number of fused-ring (bicyclic) bond motifs is 1. The molecule has 3 aromatic carbocycles. The molecule has 39 heavy (non-hydrogen) atoms. The minimum absolute atomic E-state index is 0.0235. The van der Waals surface area contributed by atoms with Gasteiger partial charge in [0.25, 0.3) is 0 Å². The molecule has 7 nitrogen and oxygen atoms in total. The van der Waals surface area contributed by atoms with E-state index in [0.717, 1.165) is 33.8 Å². The maximum absolute atomic E-state index is 13.4. The van der Waals surface area contributed by atoms with Crippen molar-refractivity contribution in [3.05, 3.63) is 89.7 Å². The Bertz CT molecular complexity index is 1570. The molecule has 0 bridgehead atoms. The van der Waals surface area contributed by atoms with Crippen LogP contribution in [-0.4, -0.2) is 53.8 Å². The van der Waals surface area contributed by atoms with Crippen molar-refractivity contribution >= 4 is 32.4 Å². The van der Waals surface area contributed by atoms with Gasteiger partial charge in [0, 0.05) is 37.3 Å². The van der Waals surface area contributed by atoms with Crippen LogP contribution < -0.4 is 5.32 Å². The van der Waals surface area contributed by atoms with Gasteiger partial charge in [-0.15, -0.1) is 0 Å².